The van der Waals surface area contributed by atoms with Gasteiger partial charge in [-0.05, 0) is 44.9 Å². The number of allylic oxidation sites excluding steroid dienone is 5. The number of aliphatic hydroxyl groups excluding tert-OH is 1. The molecule has 0 spiro atoms. The first kappa shape index (κ1) is 79.7. The van der Waals surface area contributed by atoms with Gasteiger partial charge in [0.05, 0.1) is 39.9 Å². The number of hydrogen-bond acceptors (Lipinski definition) is 6. The molecule has 0 fully saturated rings. The Labute approximate surface area is 506 Å². The molecule has 0 radical (unpaired) electrons. The fraction of sp³-hybridized carbons (Fsp3) is 0.903. The van der Waals surface area contributed by atoms with Crippen LogP contribution in [0.1, 0.15) is 367 Å². The SMILES string of the molecule is CCCCCCCCCCCCCCCCC/C=C/CC/C=C/CC/C=C/C(O)C(COP(=O)([O-])OCC[N+](C)(C)C)NC(=O)CCCCCCCCCCCCCCCCCCCCCCCCCCCCCCCCCCCC. The third-order valence-corrected chi connectivity index (χ3v) is 17.5. The second-order valence-electron chi connectivity index (χ2n) is 25.9. The van der Waals surface area contributed by atoms with Gasteiger partial charge >= 0.3 is 0 Å². The van der Waals surface area contributed by atoms with E-state index in [2.05, 4.69) is 43.5 Å². The molecule has 0 aromatic rings. The number of amides is 1. The molecule has 0 bridgehead atoms. The average molecular weight is 1160 g/mol. The first-order chi connectivity index (χ1) is 39.5. The Morgan fingerprint density at radius 2 is 0.691 bits per heavy atom. The summed E-state index contributed by atoms with van der Waals surface area (Å²) in [6.45, 7) is 4.68. The van der Waals surface area contributed by atoms with Gasteiger partial charge in [0.2, 0.25) is 5.91 Å². The van der Waals surface area contributed by atoms with Crippen molar-refractivity contribution in [1.82, 2.24) is 5.32 Å². The van der Waals surface area contributed by atoms with E-state index in [0.29, 0.717) is 17.4 Å². The van der Waals surface area contributed by atoms with Crippen LogP contribution in [-0.4, -0.2) is 68.5 Å². The van der Waals surface area contributed by atoms with Gasteiger partial charge in [0.15, 0.2) is 0 Å². The van der Waals surface area contributed by atoms with Crippen LogP contribution in [0.3, 0.4) is 0 Å². The van der Waals surface area contributed by atoms with Gasteiger partial charge < -0.3 is 28.8 Å². The smallest absolute Gasteiger partial charge is 0.268 e. The molecule has 0 aliphatic rings. The lowest BCUT2D eigenvalue weighted by Gasteiger charge is -2.29. The van der Waals surface area contributed by atoms with Gasteiger partial charge in [-0.25, -0.2) is 0 Å². The van der Waals surface area contributed by atoms with Crippen molar-refractivity contribution in [3.63, 3.8) is 0 Å². The van der Waals surface area contributed by atoms with Gasteiger partial charge in [-0.2, -0.15) is 0 Å². The van der Waals surface area contributed by atoms with Crippen molar-refractivity contribution in [2.45, 2.75) is 379 Å². The molecule has 0 rings (SSSR count). The Hall–Kier alpha value is -1.28. The van der Waals surface area contributed by atoms with E-state index in [1.807, 2.05) is 27.2 Å². The van der Waals surface area contributed by atoms with Crippen LogP contribution in [0, 0.1) is 0 Å². The lowest BCUT2D eigenvalue weighted by Crippen LogP contribution is -2.45. The maximum atomic E-state index is 13.0. The predicted octanol–water partition coefficient (Wildman–Crippen LogP) is 22.2. The second-order valence-corrected chi connectivity index (χ2v) is 27.3. The van der Waals surface area contributed by atoms with Gasteiger partial charge in [-0.15, -0.1) is 0 Å². The van der Waals surface area contributed by atoms with Crippen LogP contribution in [0.4, 0.5) is 0 Å². The highest BCUT2D eigenvalue weighted by molar-refractivity contribution is 7.45. The molecule has 0 aromatic heterocycles. The van der Waals surface area contributed by atoms with E-state index >= 15 is 0 Å². The molecule has 81 heavy (non-hydrogen) atoms. The van der Waals surface area contributed by atoms with Crippen molar-refractivity contribution in [1.29, 1.82) is 0 Å². The third kappa shape index (κ3) is 66.1. The summed E-state index contributed by atoms with van der Waals surface area (Å²) < 4.78 is 23.4. The Balaban J connectivity index is 4.04. The number of quaternary nitrogens is 1. The zero-order valence-corrected chi connectivity index (χ0v) is 55.9. The zero-order chi connectivity index (χ0) is 59.1. The fourth-order valence-electron chi connectivity index (χ4n) is 11.0. The van der Waals surface area contributed by atoms with Crippen LogP contribution in [0.25, 0.3) is 0 Å². The van der Waals surface area contributed by atoms with Crippen molar-refractivity contribution in [2.24, 2.45) is 0 Å². The molecule has 3 atom stereocenters. The van der Waals surface area contributed by atoms with Crippen LogP contribution < -0.4 is 10.2 Å². The van der Waals surface area contributed by atoms with E-state index in [1.54, 1.807) is 6.08 Å². The molecule has 0 aliphatic carbocycles. The summed E-state index contributed by atoms with van der Waals surface area (Å²) in [5, 5.41) is 13.9. The minimum atomic E-state index is -4.61. The Kier molecular flexibility index (Phi) is 62.2. The van der Waals surface area contributed by atoms with E-state index < -0.39 is 26.6 Å². The van der Waals surface area contributed by atoms with Crippen molar-refractivity contribution in [3.8, 4) is 0 Å². The molecule has 0 saturated carbocycles. The van der Waals surface area contributed by atoms with Gasteiger partial charge in [0.25, 0.3) is 7.82 Å². The minimum Gasteiger partial charge on any atom is -0.756 e. The van der Waals surface area contributed by atoms with E-state index in [9.17, 15) is 19.4 Å². The van der Waals surface area contributed by atoms with Gasteiger partial charge in [0, 0.05) is 6.42 Å². The van der Waals surface area contributed by atoms with E-state index in [4.69, 9.17) is 9.05 Å². The van der Waals surface area contributed by atoms with E-state index in [1.165, 1.54) is 302 Å². The number of carbonyl (C=O) groups is 1. The molecule has 3 unspecified atom stereocenters. The molecule has 480 valence electrons. The zero-order valence-electron chi connectivity index (χ0n) is 55.0. The maximum Gasteiger partial charge on any atom is 0.268 e. The van der Waals surface area contributed by atoms with Gasteiger partial charge in [0.1, 0.15) is 13.2 Å². The first-order valence-corrected chi connectivity index (χ1v) is 37.3. The fourth-order valence-corrected chi connectivity index (χ4v) is 11.7. The number of nitrogens with zero attached hydrogens (tertiary/aromatic N) is 1. The molecule has 0 saturated heterocycles. The summed E-state index contributed by atoms with van der Waals surface area (Å²) in [5.41, 5.74) is 0. The summed E-state index contributed by atoms with van der Waals surface area (Å²) in [7, 11) is 1.25. The normalized spacial score (nSPS) is 13.8. The molecular weight excluding hydrogens is 1020 g/mol. The third-order valence-electron chi connectivity index (χ3n) is 16.6. The molecular formula is C72H141N2O6P. The number of carbonyl (C=O) groups excluding carboxylic acids is 1. The summed E-state index contributed by atoms with van der Waals surface area (Å²) in [6.07, 6.45) is 84.3. The van der Waals surface area contributed by atoms with Crippen molar-refractivity contribution < 1.29 is 32.9 Å². The first-order valence-electron chi connectivity index (χ1n) is 35.9. The van der Waals surface area contributed by atoms with E-state index in [0.717, 1.165) is 44.9 Å². The summed E-state index contributed by atoms with van der Waals surface area (Å²) in [4.78, 5) is 25.6. The largest absolute Gasteiger partial charge is 0.756 e. The summed E-state index contributed by atoms with van der Waals surface area (Å²) in [6, 6.07) is -0.909. The number of aliphatic hydroxyl groups is 1. The van der Waals surface area contributed by atoms with Gasteiger partial charge in [-0.1, -0.05) is 352 Å². The van der Waals surface area contributed by atoms with Crippen LogP contribution in [0.5, 0.6) is 0 Å². The molecule has 0 aliphatic heterocycles. The van der Waals surface area contributed by atoms with E-state index in [-0.39, 0.29) is 12.5 Å². The topological polar surface area (TPSA) is 108 Å². The molecule has 2 N–H and O–H groups in total. The molecule has 1 amide bonds. The highest BCUT2D eigenvalue weighted by Gasteiger charge is 2.23. The highest BCUT2D eigenvalue weighted by Crippen LogP contribution is 2.38. The molecule has 0 aromatic carbocycles. The number of rotatable bonds is 67. The lowest BCUT2D eigenvalue weighted by molar-refractivity contribution is -0.870. The van der Waals surface area contributed by atoms with Crippen molar-refractivity contribution in [2.75, 3.05) is 40.9 Å². The van der Waals surface area contributed by atoms with Crippen LogP contribution in [0.2, 0.25) is 0 Å². The summed E-state index contributed by atoms with van der Waals surface area (Å²) in [5.74, 6) is -0.203. The van der Waals surface area contributed by atoms with Crippen LogP contribution in [-0.2, 0) is 18.4 Å². The Morgan fingerprint density at radius 3 is 1.00 bits per heavy atom. The Morgan fingerprint density at radius 1 is 0.420 bits per heavy atom. The highest BCUT2D eigenvalue weighted by atomic mass is 31.2. The number of phosphoric ester groups is 1. The number of hydrogen-bond donors (Lipinski definition) is 2. The Bertz CT molecular complexity index is 1410. The van der Waals surface area contributed by atoms with Gasteiger partial charge in [-0.3, -0.25) is 9.36 Å². The molecule has 8 nitrogen and oxygen atoms in total. The summed E-state index contributed by atoms with van der Waals surface area (Å²) >= 11 is 0. The monoisotopic (exact) mass is 1160 g/mol. The quantitative estimate of drug-likeness (QED) is 0.0272. The number of unbranched alkanes of at least 4 members (excludes halogenated alkanes) is 50. The van der Waals surface area contributed by atoms with Crippen molar-refractivity contribution in [3.05, 3.63) is 36.5 Å². The number of phosphoric acid groups is 1. The molecule has 9 heteroatoms. The predicted molar refractivity (Wildman–Crippen MR) is 353 cm³/mol. The van der Waals surface area contributed by atoms with Crippen LogP contribution >= 0.6 is 7.82 Å². The minimum absolute atomic E-state index is 0.00707. The maximum absolute atomic E-state index is 13.0. The number of likely N-dealkylation sites (N-methyl/N-ethyl adjacent to an activating group) is 1. The standard InChI is InChI=1S/C72H141N2O6P/c1-6-8-10-12-14-16-18-20-22-24-26-28-30-32-33-34-35-36-37-38-39-40-42-44-46-48-50-52-54-56-58-60-62-64-66-72(76)73-70(69-80-81(77,78)79-68-67-74(3,4)5)71(75)65-63-61-59-57-55-53-51-49-47-45-43-41-31-29-27-25-23-21-19-17-15-13-11-9-7-2/h47,49,55,57,63,65,70-71,75H,6-46,48,50-54,56,58-62,64,66-69H2,1-5H3,(H-,73,76,77,78)/b49-47+,57-55+,65-63+. The molecule has 0 heterocycles. The lowest BCUT2D eigenvalue weighted by atomic mass is 10.0. The van der Waals surface area contributed by atoms with Crippen molar-refractivity contribution >= 4 is 13.7 Å². The second kappa shape index (κ2) is 63.2. The number of nitrogens with one attached hydrogen (secondary N) is 1. The average Bonchev–Trinajstić information content (AvgIpc) is 3.43. The van der Waals surface area contributed by atoms with Crippen LogP contribution in [0.15, 0.2) is 36.5 Å².